The van der Waals surface area contributed by atoms with Gasteiger partial charge in [0.25, 0.3) is 5.91 Å². The number of pyridine rings is 3. The zero-order valence-electron chi connectivity index (χ0n) is 20.8. The van der Waals surface area contributed by atoms with Crippen LogP contribution in [0.2, 0.25) is 5.02 Å². The van der Waals surface area contributed by atoms with Gasteiger partial charge in [-0.05, 0) is 43.9 Å². The molecule has 0 bridgehead atoms. The van der Waals surface area contributed by atoms with Gasteiger partial charge >= 0.3 is 0 Å². The second kappa shape index (κ2) is 10.9. The first-order chi connectivity index (χ1) is 17.9. The number of carbonyl (C=O) groups excluding carboxylic acids is 2. The summed E-state index contributed by atoms with van der Waals surface area (Å²) in [5.74, 6) is 1.37. The number of likely N-dealkylation sites (tertiary alicyclic amines) is 1. The van der Waals surface area contributed by atoms with Crippen molar-refractivity contribution in [3.05, 3.63) is 46.7 Å². The van der Waals surface area contributed by atoms with E-state index in [0.29, 0.717) is 42.0 Å². The van der Waals surface area contributed by atoms with E-state index < -0.39 is 0 Å². The normalized spacial score (nSPS) is 19.2. The van der Waals surface area contributed by atoms with E-state index in [1.165, 1.54) is 0 Å². The van der Waals surface area contributed by atoms with Crippen LogP contribution in [0, 0.1) is 0 Å². The number of amides is 2. The maximum Gasteiger partial charge on any atom is 0.263 e. The summed E-state index contributed by atoms with van der Waals surface area (Å²) < 4.78 is 10.7. The van der Waals surface area contributed by atoms with Gasteiger partial charge in [-0.1, -0.05) is 11.6 Å². The summed E-state index contributed by atoms with van der Waals surface area (Å²) in [6.45, 7) is 2.76. The molecule has 0 aliphatic carbocycles. The third kappa shape index (κ3) is 5.60. The Hall–Kier alpha value is -3.50. The van der Waals surface area contributed by atoms with Crippen molar-refractivity contribution in [3.63, 3.8) is 0 Å². The molecule has 0 spiro atoms. The highest BCUT2D eigenvalue weighted by Crippen LogP contribution is 2.29. The van der Waals surface area contributed by atoms with Crippen LogP contribution in [-0.2, 0) is 22.6 Å². The van der Waals surface area contributed by atoms with Gasteiger partial charge in [-0.15, -0.1) is 0 Å². The number of fused-ring (bicyclic) bond motifs is 2. The molecule has 5 rings (SSSR count). The third-order valence-electron chi connectivity index (χ3n) is 6.89. The quantitative estimate of drug-likeness (QED) is 0.484. The standard InChI is InChI=1S/C26H29ClN6O4/c1-15(34)33-13-17(28-11-16-4-9-22-26(30-16)31-23(35)14-37-22)3-5-18(33)6-7-19-20(27)12-29-21-8-10-24(36-2)32-25(19)21/h4,8-10,12,17-18,28H,3,5-7,11,13-14H2,1-2H3,(H,30,31,35). The number of methoxy groups -OCH3 is 1. The molecule has 1 saturated heterocycles. The Morgan fingerprint density at radius 1 is 1.27 bits per heavy atom. The van der Waals surface area contributed by atoms with Crippen LogP contribution in [0.1, 0.15) is 37.4 Å². The number of ether oxygens (including phenoxy) is 2. The highest BCUT2D eigenvalue weighted by Gasteiger charge is 2.30. The van der Waals surface area contributed by atoms with E-state index in [2.05, 4.69) is 25.6 Å². The van der Waals surface area contributed by atoms with Crippen LogP contribution in [0.15, 0.2) is 30.5 Å². The number of halogens is 1. The van der Waals surface area contributed by atoms with E-state index in [0.717, 1.165) is 41.6 Å². The maximum absolute atomic E-state index is 12.6. The number of aromatic nitrogens is 3. The molecule has 10 nitrogen and oxygen atoms in total. The van der Waals surface area contributed by atoms with Crippen molar-refractivity contribution in [1.29, 1.82) is 0 Å². The predicted molar refractivity (Wildman–Crippen MR) is 139 cm³/mol. The van der Waals surface area contributed by atoms with Gasteiger partial charge in [-0.3, -0.25) is 14.6 Å². The number of hydrogen-bond acceptors (Lipinski definition) is 8. The van der Waals surface area contributed by atoms with Gasteiger partial charge in [-0.25, -0.2) is 9.97 Å². The highest BCUT2D eigenvalue weighted by atomic mass is 35.5. The number of piperidine rings is 1. The minimum Gasteiger partial charge on any atom is -0.481 e. The van der Waals surface area contributed by atoms with E-state index in [9.17, 15) is 9.59 Å². The molecule has 2 aliphatic rings. The first-order valence-corrected chi connectivity index (χ1v) is 12.7. The molecule has 37 heavy (non-hydrogen) atoms. The summed E-state index contributed by atoms with van der Waals surface area (Å²) >= 11 is 6.52. The van der Waals surface area contributed by atoms with Crippen molar-refractivity contribution in [2.75, 3.05) is 25.6 Å². The fourth-order valence-corrected chi connectivity index (χ4v) is 5.20. The Morgan fingerprint density at radius 2 is 2.14 bits per heavy atom. The fourth-order valence-electron chi connectivity index (χ4n) is 4.97. The average Bonchev–Trinajstić information content (AvgIpc) is 2.91. The topological polar surface area (TPSA) is 119 Å². The van der Waals surface area contributed by atoms with Crippen molar-refractivity contribution in [2.24, 2.45) is 0 Å². The maximum atomic E-state index is 12.6. The molecule has 5 heterocycles. The van der Waals surface area contributed by atoms with Gasteiger partial charge < -0.3 is 25.0 Å². The highest BCUT2D eigenvalue weighted by molar-refractivity contribution is 6.32. The largest absolute Gasteiger partial charge is 0.481 e. The Morgan fingerprint density at radius 3 is 2.95 bits per heavy atom. The van der Waals surface area contributed by atoms with Crippen molar-refractivity contribution in [3.8, 4) is 11.6 Å². The number of nitrogens with one attached hydrogen (secondary N) is 2. The lowest BCUT2D eigenvalue weighted by Crippen LogP contribution is -2.52. The number of nitrogens with zero attached hydrogens (tertiary/aromatic N) is 4. The average molecular weight is 525 g/mol. The SMILES string of the molecule is COc1ccc2ncc(Cl)c(CCC3CCC(NCc4ccc5c(n4)NC(=O)CO5)CN3C(C)=O)c2n1. The summed E-state index contributed by atoms with van der Waals surface area (Å²) in [7, 11) is 1.58. The van der Waals surface area contributed by atoms with Crippen LogP contribution in [0.5, 0.6) is 11.6 Å². The van der Waals surface area contributed by atoms with Gasteiger partial charge in [0.2, 0.25) is 11.8 Å². The lowest BCUT2D eigenvalue weighted by Gasteiger charge is -2.40. The smallest absolute Gasteiger partial charge is 0.263 e. The minimum absolute atomic E-state index is 0.00466. The lowest BCUT2D eigenvalue weighted by molar-refractivity contribution is -0.133. The molecule has 0 aromatic carbocycles. The van der Waals surface area contributed by atoms with Crippen molar-refractivity contribution < 1.29 is 19.1 Å². The molecular formula is C26H29ClN6O4. The molecule has 0 radical (unpaired) electrons. The van der Waals surface area contributed by atoms with Crippen LogP contribution < -0.4 is 20.1 Å². The second-order valence-corrected chi connectivity index (χ2v) is 9.72. The van der Waals surface area contributed by atoms with Gasteiger partial charge in [0.05, 0.1) is 28.9 Å². The molecule has 3 aromatic heterocycles. The van der Waals surface area contributed by atoms with Crippen molar-refractivity contribution >= 4 is 40.3 Å². The molecule has 2 N–H and O–H groups in total. The van der Waals surface area contributed by atoms with Gasteiger partial charge in [0.15, 0.2) is 18.2 Å². The summed E-state index contributed by atoms with van der Waals surface area (Å²) in [6.07, 6.45) is 4.91. The molecule has 0 saturated carbocycles. The second-order valence-electron chi connectivity index (χ2n) is 9.31. The Labute approximate surface area is 219 Å². The summed E-state index contributed by atoms with van der Waals surface area (Å²) in [4.78, 5) is 39.5. The molecule has 2 amide bonds. The van der Waals surface area contributed by atoms with Gasteiger partial charge in [0.1, 0.15) is 0 Å². The number of rotatable bonds is 7. The summed E-state index contributed by atoms with van der Waals surface area (Å²) in [6, 6.07) is 7.59. The molecule has 194 valence electrons. The predicted octanol–water partition coefficient (Wildman–Crippen LogP) is 3.12. The Bertz CT molecular complexity index is 1340. The lowest BCUT2D eigenvalue weighted by atomic mass is 9.93. The zero-order valence-corrected chi connectivity index (χ0v) is 21.5. The van der Waals surface area contributed by atoms with Gasteiger partial charge in [-0.2, -0.15) is 0 Å². The summed E-state index contributed by atoms with van der Waals surface area (Å²) in [5, 5.41) is 6.82. The van der Waals surface area contributed by atoms with E-state index in [1.54, 1.807) is 26.3 Å². The molecule has 1 fully saturated rings. The molecule has 2 unspecified atom stereocenters. The Balaban J connectivity index is 1.22. The first kappa shape index (κ1) is 25.2. The van der Waals surface area contributed by atoms with Crippen LogP contribution in [0.25, 0.3) is 11.0 Å². The first-order valence-electron chi connectivity index (χ1n) is 12.3. The number of anilines is 1. The molecule has 2 atom stereocenters. The fraction of sp³-hybridized carbons (Fsp3) is 0.423. The van der Waals surface area contributed by atoms with Crippen molar-refractivity contribution in [2.45, 2.75) is 51.2 Å². The summed E-state index contributed by atoms with van der Waals surface area (Å²) in [5.41, 5.74) is 3.21. The molecule has 2 aliphatic heterocycles. The van der Waals surface area contributed by atoms with E-state index in [4.69, 9.17) is 21.1 Å². The molecular weight excluding hydrogens is 496 g/mol. The van der Waals surface area contributed by atoms with Gasteiger partial charge in [0, 0.05) is 49.9 Å². The van der Waals surface area contributed by atoms with Crippen molar-refractivity contribution in [1.82, 2.24) is 25.2 Å². The van der Waals surface area contributed by atoms with E-state index >= 15 is 0 Å². The molecule has 11 heteroatoms. The van der Waals surface area contributed by atoms with Crippen LogP contribution in [0.3, 0.4) is 0 Å². The number of hydrogen-bond donors (Lipinski definition) is 2. The zero-order chi connectivity index (χ0) is 25.9. The van der Waals surface area contributed by atoms with Crippen LogP contribution in [0.4, 0.5) is 5.82 Å². The third-order valence-corrected chi connectivity index (χ3v) is 7.22. The monoisotopic (exact) mass is 524 g/mol. The van der Waals surface area contributed by atoms with Crippen LogP contribution in [-0.4, -0.2) is 64.0 Å². The van der Waals surface area contributed by atoms with Crippen LogP contribution >= 0.6 is 11.6 Å². The van der Waals surface area contributed by atoms with E-state index in [1.807, 2.05) is 23.1 Å². The Kier molecular flexibility index (Phi) is 7.38. The number of aryl methyl sites for hydroxylation is 1. The number of carbonyl (C=O) groups is 2. The van der Waals surface area contributed by atoms with E-state index in [-0.39, 0.29) is 30.5 Å². The molecule has 3 aromatic rings. The minimum atomic E-state index is -0.212.